The van der Waals surface area contributed by atoms with Crippen molar-refractivity contribution < 1.29 is 9.90 Å². The summed E-state index contributed by atoms with van der Waals surface area (Å²) in [6.07, 6.45) is 6.92. The summed E-state index contributed by atoms with van der Waals surface area (Å²) in [5.41, 5.74) is 0.660. The zero-order valence-corrected chi connectivity index (χ0v) is 13.9. The van der Waals surface area contributed by atoms with E-state index in [-0.39, 0.29) is 24.6 Å². The Morgan fingerprint density at radius 1 is 1.48 bits per heavy atom. The topological polar surface area (TPSA) is 58.4 Å². The normalized spacial score (nSPS) is 11.0. The Labute approximate surface area is 130 Å². The van der Waals surface area contributed by atoms with E-state index in [0.29, 0.717) is 23.1 Å². The van der Waals surface area contributed by atoms with Gasteiger partial charge in [0.05, 0.1) is 30.8 Å². The van der Waals surface area contributed by atoms with E-state index in [1.165, 1.54) is 11.8 Å². The lowest BCUT2D eigenvalue weighted by atomic mass is 10.2. The molecule has 0 saturated heterocycles. The maximum atomic E-state index is 12.3. The maximum Gasteiger partial charge on any atom is 0.233 e. The minimum atomic E-state index is -0.118. The molecular weight excluding hydrogens is 286 g/mol. The number of terminal acetylenes is 1. The van der Waals surface area contributed by atoms with Crippen LogP contribution in [0.2, 0.25) is 0 Å². The number of aliphatic hydroxyl groups excluding tert-OH is 1. The fourth-order valence-corrected chi connectivity index (χ4v) is 3.13. The minimum Gasteiger partial charge on any atom is -0.390 e. The number of carbonyl (C=O) groups is 1. The molecule has 116 valence electrons. The number of nitrogens with zero attached hydrogens (tertiary/aromatic N) is 3. The van der Waals surface area contributed by atoms with Crippen molar-refractivity contribution in [1.29, 1.82) is 0 Å². The highest BCUT2D eigenvalue weighted by Crippen LogP contribution is 2.20. The molecule has 0 aliphatic rings. The van der Waals surface area contributed by atoms with E-state index in [1.807, 2.05) is 32.6 Å². The predicted molar refractivity (Wildman–Crippen MR) is 84.8 cm³/mol. The molecule has 1 amide bonds. The van der Waals surface area contributed by atoms with Crippen molar-refractivity contribution in [3.8, 4) is 12.3 Å². The van der Waals surface area contributed by atoms with Crippen LogP contribution in [-0.4, -0.2) is 43.3 Å². The molecular formula is C15H23N3O2S. The Morgan fingerprint density at radius 3 is 2.57 bits per heavy atom. The van der Waals surface area contributed by atoms with Crippen molar-refractivity contribution >= 4 is 17.7 Å². The van der Waals surface area contributed by atoms with Crippen LogP contribution >= 0.6 is 11.8 Å². The van der Waals surface area contributed by atoms with Gasteiger partial charge in [-0.2, -0.15) is 0 Å². The molecule has 21 heavy (non-hydrogen) atoms. The number of aliphatic hydroxyl groups is 1. The molecule has 1 N–H and O–H groups in total. The average Bonchev–Trinajstić information content (AvgIpc) is 2.78. The smallest absolute Gasteiger partial charge is 0.233 e. The number of rotatable bonds is 7. The molecule has 1 heterocycles. The third-order valence-corrected chi connectivity index (χ3v) is 4.01. The fraction of sp³-hybridized carbons (Fsp3) is 0.600. The van der Waals surface area contributed by atoms with Gasteiger partial charge < -0.3 is 14.6 Å². The number of hydrogen-bond acceptors (Lipinski definition) is 4. The van der Waals surface area contributed by atoms with Crippen molar-refractivity contribution in [2.75, 3.05) is 5.75 Å². The molecule has 0 radical (unpaired) electrons. The van der Waals surface area contributed by atoms with Gasteiger partial charge in [0.15, 0.2) is 5.16 Å². The summed E-state index contributed by atoms with van der Waals surface area (Å²) >= 11 is 1.35. The first-order valence-electron chi connectivity index (χ1n) is 6.95. The highest BCUT2D eigenvalue weighted by atomic mass is 32.2. The van der Waals surface area contributed by atoms with Gasteiger partial charge in [0.25, 0.3) is 0 Å². The summed E-state index contributed by atoms with van der Waals surface area (Å²) in [7, 11) is 0. The summed E-state index contributed by atoms with van der Waals surface area (Å²) in [4.78, 5) is 18.4. The van der Waals surface area contributed by atoms with Gasteiger partial charge >= 0.3 is 0 Å². The molecule has 6 heteroatoms. The highest BCUT2D eigenvalue weighted by molar-refractivity contribution is 7.99. The Morgan fingerprint density at radius 2 is 2.10 bits per heavy atom. The first kappa shape index (κ1) is 17.6. The third-order valence-electron chi connectivity index (χ3n) is 3.04. The van der Waals surface area contributed by atoms with Crippen LogP contribution in [0.5, 0.6) is 0 Å². The molecule has 0 saturated carbocycles. The van der Waals surface area contributed by atoms with Crippen molar-refractivity contribution in [3.05, 3.63) is 11.9 Å². The Balaban J connectivity index is 2.77. The number of thioether (sulfide) groups is 1. The number of amides is 1. The average molecular weight is 309 g/mol. The van der Waals surface area contributed by atoms with E-state index in [9.17, 15) is 9.90 Å². The van der Waals surface area contributed by atoms with Gasteiger partial charge in [0.2, 0.25) is 5.91 Å². The van der Waals surface area contributed by atoms with Crippen molar-refractivity contribution in [1.82, 2.24) is 14.5 Å². The zero-order chi connectivity index (χ0) is 16.0. The molecule has 5 nitrogen and oxygen atoms in total. The summed E-state index contributed by atoms with van der Waals surface area (Å²) in [6.45, 7) is 8.24. The third kappa shape index (κ3) is 4.51. The van der Waals surface area contributed by atoms with Gasteiger partial charge in [0.1, 0.15) is 0 Å². The van der Waals surface area contributed by atoms with E-state index >= 15 is 0 Å². The monoisotopic (exact) mass is 309 g/mol. The van der Waals surface area contributed by atoms with E-state index in [0.717, 1.165) is 0 Å². The highest BCUT2D eigenvalue weighted by Gasteiger charge is 2.21. The molecule has 0 aliphatic heterocycles. The van der Waals surface area contributed by atoms with E-state index in [4.69, 9.17) is 6.42 Å². The lowest BCUT2D eigenvalue weighted by molar-refractivity contribution is -0.131. The summed E-state index contributed by atoms with van der Waals surface area (Å²) < 4.78 is 1.76. The van der Waals surface area contributed by atoms with Gasteiger partial charge in [-0.1, -0.05) is 17.7 Å². The van der Waals surface area contributed by atoms with Crippen LogP contribution in [-0.2, 0) is 17.9 Å². The van der Waals surface area contributed by atoms with Gasteiger partial charge in [-0.25, -0.2) is 4.98 Å². The van der Waals surface area contributed by atoms with Crippen LogP contribution in [0.1, 0.15) is 33.4 Å². The molecule has 1 rings (SSSR count). The van der Waals surface area contributed by atoms with Crippen molar-refractivity contribution in [2.24, 2.45) is 0 Å². The first-order chi connectivity index (χ1) is 9.92. The summed E-state index contributed by atoms with van der Waals surface area (Å²) in [5, 5.41) is 9.92. The van der Waals surface area contributed by atoms with Crippen LogP contribution in [0.15, 0.2) is 11.4 Å². The van der Waals surface area contributed by atoms with E-state index in [2.05, 4.69) is 10.9 Å². The summed E-state index contributed by atoms with van der Waals surface area (Å²) in [6, 6.07) is 0.327. The van der Waals surface area contributed by atoms with Gasteiger partial charge in [-0.15, -0.1) is 6.42 Å². The van der Waals surface area contributed by atoms with Gasteiger partial charge in [0, 0.05) is 12.1 Å². The minimum absolute atomic E-state index is 0.0748. The van der Waals surface area contributed by atoms with Crippen LogP contribution in [0.3, 0.4) is 0 Å². The van der Waals surface area contributed by atoms with Gasteiger partial charge in [-0.3, -0.25) is 4.79 Å². The number of hydrogen-bond donors (Lipinski definition) is 1. The van der Waals surface area contributed by atoms with Crippen molar-refractivity contribution in [3.63, 3.8) is 0 Å². The van der Waals surface area contributed by atoms with Crippen LogP contribution in [0.4, 0.5) is 0 Å². The Bertz CT molecular complexity index is 509. The van der Waals surface area contributed by atoms with E-state index < -0.39 is 0 Å². The second kappa shape index (κ2) is 8.11. The quantitative estimate of drug-likeness (QED) is 0.616. The lowest BCUT2D eigenvalue weighted by Crippen LogP contribution is -2.43. The Hall–Kier alpha value is -1.45. The zero-order valence-electron chi connectivity index (χ0n) is 13.0. The SMILES string of the molecule is C#CCn1c(CO)cnc1SCC(=O)N(C(C)C)C(C)C. The standard InChI is InChI=1S/C15H23N3O2S/c1-6-7-17-13(9-19)8-16-15(17)21-10-14(20)18(11(2)3)12(4)5/h1,8,11-12,19H,7,9-10H2,2-5H3. The first-order valence-corrected chi connectivity index (χ1v) is 7.93. The van der Waals surface area contributed by atoms with Crippen LogP contribution < -0.4 is 0 Å². The molecule has 0 fully saturated rings. The fourth-order valence-electron chi connectivity index (χ4n) is 2.27. The van der Waals surface area contributed by atoms with Crippen LogP contribution in [0.25, 0.3) is 0 Å². The molecule has 0 aliphatic carbocycles. The largest absolute Gasteiger partial charge is 0.390 e. The second-order valence-electron chi connectivity index (χ2n) is 5.26. The maximum absolute atomic E-state index is 12.3. The van der Waals surface area contributed by atoms with Crippen LogP contribution in [0, 0.1) is 12.3 Å². The number of imidazole rings is 1. The number of carbonyl (C=O) groups excluding carboxylic acids is 1. The predicted octanol–water partition coefficient (Wildman–Crippen LogP) is 1.75. The molecule has 0 bridgehead atoms. The molecule has 0 unspecified atom stereocenters. The second-order valence-corrected chi connectivity index (χ2v) is 6.20. The van der Waals surface area contributed by atoms with E-state index in [1.54, 1.807) is 10.8 Å². The lowest BCUT2D eigenvalue weighted by Gasteiger charge is -2.30. The molecule has 1 aromatic heterocycles. The Kier molecular flexibility index (Phi) is 6.79. The number of aromatic nitrogens is 2. The summed E-state index contributed by atoms with van der Waals surface area (Å²) in [5.74, 6) is 2.92. The van der Waals surface area contributed by atoms with Gasteiger partial charge in [-0.05, 0) is 27.7 Å². The molecule has 0 spiro atoms. The van der Waals surface area contributed by atoms with Crippen molar-refractivity contribution in [2.45, 2.75) is 58.1 Å². The molecule has 0 atom stereocenters. The molecule has 0 aromatic carbocycles. The molecule has 1 aromatic rings.